The highest BCUT2D eigenvalue weighted by atomic mass is 16.1. The number of fused-ring (bicyclic) bond motifs is 2. The third kappa shape index (κ3) is 3.19. The third-order valence-corrected chi connectivity index (χ3v) is 3.09. The Balaban J connectivity index is 2.33. The largest absolute Gasteiger partial charge is 0.290 e. The van der Waals surface area contributed by atoms with Crippen molar-refractivity contribution in [2.45, 2.75) is 44.9 Å². The van der Waals surface area contributed by atoms with Crippen LogP contribution >= 0.6 is 0 Å². The lowest BCUT2D eigenvalue weighted by molar-refractivity contribution is 0.608. The predicted octanol–water partition coefficient (Wildman–Crippen LogP) is 3.10. The molecule has 0 unspecified atom stereocenters. The Morgan fingerprint density at radius 3 is 2.20 bits per heavy atom. The van der Waals surface area contributed by atoms with E-state index in [1.54, 1.807) is 12.1 Å². The molecule has 0 saturated heterocycles. The lowest BCUT2D eigenvalue weighted by Crippen LogP contribution is -1.94. The Labute approximate surface area is 91.2 Å². The Morgan fingerprint density at radius 2 is 1.40 bits per heavy atom. The summed E-state index contributed by atoms with van der Waals surface area (Å²) in [4.78, 5) is 11.4. The molecule has 1 aromatic carbocycles. The molecule has 0 N–H and O–H groups in total. The first kappa shape index (κ1) is 10.4. The molecular formula is C14H18O. The van der Waals surface area contributed by atoms with Gasteiger partial charge in [0.15, 0.2) is 5.43 Å². The zero-order valence-electron chi connectivity index (χ0n) is 9.17. The Bertz CT molecular complexity index is 381. The van der Waals surface area contributed by atoms with Gasteiger partial charge in [-0.25, -0.2) is 0 Å². The van der Waals surface area contributed by atoms with Crippen LogP contribution in [-0.2, 0) is 12.8 Å². The minimum Gasteiger partial charge on any atom is -0.290 e. The molecule has 0 atom stereocenters. The van der Waals surface area contributed by atoms with Gasteiger partial charge in [0.05, 0.1) is 0 Å². The second kappa shape index (κ2) is 5.11. The second-order valence-electron chi connectivity index (χ2n) is 4.44. The number of hydrogen-bond donors (Lipinski definition) is 0. The van der Waals surface area contributed by atoms with E-state index in [2.05, 4.69) is 6.07 Å². The van der Waals surface area contributed by atoms with Crippen LogP contribution in [0.25, 0.3) is 0 Å². The van der Waals surface area contributed by atoms with Crippen molar-refractivity contribution in [1.82, 2.24) is 0 Å². The summed E-state index contributed by atoms with van der Waals surface area (Å²) in [5, 5.41) is 0. The van der Waals surface area contributed by atoms with Gasteiger partial charge < -0.3 is 0 Å². The number of hydrogen-bond acceptors (Lipinski definition) is 1. The highest BCUT2D eigenvalue weighted by Gasteiger charge is 2.01. The molecule has 0 aromatic heterocycles. The molecule has 1 nitrogen and oxygen atoms in total. The molecule has 0 fully saturated rings. The molecule has 0 amide bonds. The van der Waals surface area contributed by atoms with Crippen LogP contribution in [0.1, 0.15) is 43.2 Å². The Hall–Kier alpha value is -1.11. The van der Waals surface area contributed by atoms with Crippen LogP contribution in [0.3, 0.4) is 0 Å². The molecule has 2 bridgehead atoms. The number of aryl methyl sites for hydroxylation is 2. The van der Waals surface area contributed by atoms with Gasteiger partial charge >= 0.3 is 0 Å². The van der Waals surface area contributed by atoms with Crippen LogP contribution in [0.2, 0.25) is 0 Å². The topological polar surface area (TPSA) is 17.1 Å². The van der Waals surface area contributed by atoms with Crippen molar-refractivity contribution in [1.29, 1.82) is 0 Å². The molecule has 0 aliphatic heterocycles. The summed E-state index contributed by atoms with van der Waals surface area (Å²) in [6.07, 6.45) is 8.66. The van der Waals surface area contributed by atoms with E-state index in [1.807, 2.05) is 6.07 Å². The van der Waals surface area contributed by atoms with E-state index >= 15 is 0 Å². The van der Waals surface area contributed by atoms with Crippen molar-refractivity contribution < 1.29 is 0 Å². The summed E-state index contributed by atoms with van der Waals surface area (Å²) < 4.78 is 0. The summed E-state index contributed by atoms with van der Waals surface area (Å²) in [5.41, 5.74) is 2.70. The standard InChI is InChI=1S/C14H18O/c15-14-9-8-12-6-4-2-1-3-5-7-13(10-12)11-14/h8-11H,1-7H2. The molecule has 15 heavy (non-hydrogen) atoms. The lowest BCUT2D eigenvalue weighted by atomic mass is 10.0. The van der Waals surface area contributed by atoms with Crippen LogP contribution in [0.15, 0.2) is 29.1 Å². The van der Waals surface area contributed by atoms with Crippen molar-refractivity contribution in [3.63, 3.8) is 0 Å². The van der Waals surface area contributed by atoms with Crippen LogP contribution in [0.5, 0.6) is 0 Å². The molecule has 1 aliphatic carbocycles. The highest BCUT2D eigenvalue weighted by molar-refractivity contribution is 5.22. The van der Waals surface area contributed by atoms with Crippen molar-refractivity contribution >= 4 is 0 Å². The van der Waals surface area contributed by atoms with Crippen LogP contribution in [-0.4, -0.2) is 0 Å². The first-order chi connectivity index (χ1) is 7.34. The predicted molar refractivity (Wildman–Crippen MR) is 63.2 cm³/mol. The Kier molecular flexibility index (Phi) is 3.54. The van der Waals surface area contributed by atoms with Gasteiger partial charge in [-0.2, -0.15) is 0 Å². The zero-order chi connectivity index (χ0) is 10.5. The fourth-order valence-corrected chi connectivity index (χ4v) is 2.24. The fourth-order valence-electron chi connectivity index (χ4n) is 2.24. The first-order valence-corrected chi connectivity index (χ1v) is 5.98. The maximum atomic E-state index is 11.4. The molecule has 0 heterocycles. The molecule has 0 radical (unpaired) electrons. The van der Waals surface area contributed by atoms with Gasteiger partial charge in [-0.3, -0.25) is 4.79 Å². The van der Waals surface area contributed by atoms with Gasteiger partial charge in [-0.05, 0) is 48.9 Å². The van der Waals surface area contributed by atoms with Crippen LogP contribution < -0.4 is 5.43 Å². The van der Waals surface area contributed by atoms with Crippen molar-refractivity contribution in [2.24, 2.45) is 0 Å². The van der Waals surface area contributed by atoms with Crippen molar-refractivity contribution in [3.8, 4) is 0 Å². The quantitative estimate of drug-likeness (QED) is 0.632. The molecule has 1 aromatic rings. The summed E-state index contributed by atoms with van der Waals surface area (Å²) in [5.74, 6) is 0. The normalized spacial score (nSPS) is 17.1. The van der Waals surface area contributed by atoms with Gasteiger partial charge in [0, 0.05) is 0 Å². The van der Waals surface area contributed by atoms with Gasteiger partial charge in [-0.15, -0.1) is 0 Å². The molecule has 1 heteroatoms. The number of rotatable bonds is 0. The minimum absolute atomic E-state index is 0.149. The van der Waals surface area contributed by atoms with E-state index in [1.165, 1.54) is 43.2 Å². The van der Waals surface area contributed by atoms with Gasteiger partial charge in [0.25, 0.3) is 0 Å². The van der Waals surface area contributed by atoms with E-state index in [0.29, 0.717) is 0 Å². The summed E-state index contributed by atoms with van der Waals surface area (Å²) in [7, 11) is 0. The molecule has 2 rings (SSSR count). The van der Waals surface area contributed by atoms with E-state index in [-0.39, 0.29) is 5.43 Å². The average molecular weight is 202 g/mol. The first-order valence-electron chi connectivity index (χ1n) is 5.98. The molecule has 0 spiro atoms. The molecule has 80 valence electrons. The lowest BCUT2D eigenvalue weighted by Gasteiger charge is -2.05. The molecule has 0 saturated carbocycles. The Morgan fingerprint density at radius 1 is 0.733 bits per heavy atom. The smallest absolute Gasteiger partial charge is 0.178 e. The summed E-state index contributed by atoms with van der Waals surface area (Å²) >= 11 is 0. The second-order valence-corrected chi connectivity index (χ2v) is 4.44. The summed E-state index contributed by atoms with van der Waals surface area (Å²) in [6, 6.07) is 7.71. The van der Waals surface area contributed by atoms with Crippen molar-refractivity contribution in [3.05, 3.63) is 45.6 Å². The van der Waals surface area contributed by atoms with Gasteiger partial charge in [-0.1, -0.05) is 31.4 Å². The van der Waals surface area contributed by atoms with E-state index in [9.17, 15) is 4.79 Å². The van der Waals surface area contributed by atoms with Crippen molar-refractivity contribution in [2.75, 3.05) is 0 Å². The van der Waals surface area contributed by atoms with E-state index in [4.69, 9.17) is 0 Å². The monoisotopic (exact) mass is 202 g/mol. The summed E-state index contributed by atoms with van der Waals surface area (Å²) in [6.45, 7) is 0. The minimum atomic E-state index is 0.149. The average Bonchev–Trinajstić information content (AvgIpc) is 2.39. The fraction of sp³-hybridized carbons (Fsp3) is 0.500. The SMILES string of the molecule is O=c1ccc2cc(c1)CCCCCCC2. The van der Waals surface area contributed by atoms with E-state index in [0.717, 1.165) is 12.8 Å². The van der Waals surface area contributed by atoms with E-state index < -0.39 is 0 Å². The van der Waals surface area contributed by atoms with Crippen LogP contribution in [0.4, 0.5) is 0 Å². The maximum Gasteiger partial charge on any atom is 0.178 e. The third-order valence-electron chi connectivity index (χ3n) is 3.09. The maximum absolute atomic E-state index is 11.4. The van der Waals surface area contributed by atoms with Crippen LogP contribution in [0, 0.1) is 0 Å². The molecular weight excluding hydrogens is 184 g/mol. The van der Waals surface area contributed by atoms with Gasteiger partial charge in [0.2, 0.25) is 0 Å². The zero-order valence-corrected chi connectivity index (χ0v) is 9.17. The molecule has 1 aliphatic rings. The van der Waals surface area contributed by atoms with Gasteiger partial charge in [0.1, 0.15) is 0 Å². The highest BCUT2D eigenvalue weighted by Crippen LogP contribution is 2.14.